The molecule has 0 saturated carbocycles. The average Bonchev–Trinajstić information content (AvgIpc) is 3.46. The van der Waals surface area contributed by atoms with Gasteiger partial charge < -0.3 is 14.7 Å². The van der Waals surface area contributed by atoms with Gasteiger partial charge in [0.15, 0.2) is 0 Å². The Kier molecular flexibility index (Phi) is 6.39. The first-order valence-corrected chi connectivity index (χ1v) is 11.1. The van der Waals surface area contributed by atoms with Crippen LogP contribution in [-0.2, 0) is 6.54 Å². The molecular formula is C24H29N5O3. The van der Waals surface area contributed by atoms with Crippen LogP contribution in [0.5, 0.6) is 0 Å². The second-order valence-corrected chi connectivity index (χ2v) is 8.45. The van der Waals surface area contributed by atoms with Crippen LogP contribution in [-0.4, -0.2) is 44.7 Å². The molecule has 2 aromatic heterocycles. The molecule has 1 saturated heterocycles. The van der Waals surface area contributed by atoms with Gasteiger partial charge in [0, 0.05) is 43.5 Å². The molecule has 1 N–H and O–H groups in total. The molecule has 2 amide bonds. The van der Waals surface area contributed by atoms with E-state index in [2.05, 4.69) is 22.5 Å². The van der Waals surface area contributed by atoms with Crippen molar-refractivity contribution >= 4 is 17.5 Å². The van der Waals surface area contributed by atoms with Gasteiger partial charge in [-0.15, -0.1) is 0 Å². The van der Waals surface area contributed by atoms with Crippen molar-refractivity contribution in [2.45, 2.75) is 52.5 Å². The molecule has 8 heteroatoms. The summed E-state index contributed by atoms with van der Waals surface area (Å²) >= 11 is 0. The molecule has 0 bridgehead atoms. The Morgan fingerprint density at radius 2 is 1.97 bits per heavy atom. The van der Waals surface area contributed by atoms with Crippen molar-refractivity contribution in [1.29, 1.82) is 0 Å². The number of nitrogens with one attached hydrogen (secondary N) is 1. The smallest absolute Gasteiger partial charge is 0.294 e. The van der Waals surface area contributed by atoms with Crippen LogP contribution >= 0.6 is 0 Å². The van der Waals surface area contributed by atoms with Crippen LogP contribution in [0.1, 0.15) is 69.8 Å². The molecule has 1 aromatic carbocycles. The molecule has 1 aliphatic rings. The molecule has 32 heavy (non-hydrogen) atoms. The maximum atomic E-state index is 12.8. The Morgan fingerprint density at radius 1 is 1.19 bits per heavy atom. The maximum absolute atomic E-state index is 12.8. The van der Waals surface area contributed by atoms with E-state index in [0.29, 0.717) is 18.7 Å². The van der Waals surface area contributed by atoms with Gasteiger partial charge in [0.1, 0.15) is 0 Å². The molecule has 4 rings (SSSR count). The van der Waals surface area contributed by atoms with Gasteiger partial charge in [0.2, 0.25) is 5.76 Å². The van der Waals surface area contributed by atoms with Gasteiger partial charge in [-0.25, -0.2) is 0 Å². The largest absolute Gasteiger partial charge is 0.351 e. The zero-order valence-corrected chi connectivity index (χ0v) is 18.8. The molecule has 1 aliphatic heterocycles. The summed E-state index contributed by atoms with van der Waals surface area (Å²) < 4.78 is 7.14. The van der Waals surface area contributed by atoms with E-state index >= 15 is 0 Å². The minimum Gasteiger partial charge on any atom is -0.351 e. The molecule has 0 atom stereocenters. The molecule has 0 radical (unpaired) electrons. The maximum Gasteiger partial charge on any atom is 0.294 e. The fourth-order valence-corrected chi connectivity index (χ4v) is 4.11. The van der Waals surface area contributed by atoms with Gasteiger partial charge in [-0.1, -0.05) is 29.8 Å². The first-order valence-electron chi connectivity index (χ1n) is 11.1. The van der Waals surface area contributed by atoms with Crippen molar-refractivity contribution < 1.29 is 14.1 Å². The van der Waals surface area contributed by atoms with Crippen molar-refractivity contribution in [2.24, 2.45) is 0 Å². The first kappa shape index (κ1) is 21.8. The van der Waals surface area contributed by atoms with Crippen molar-refractivity contribution in [3.63, 3.8) is 0 Å². The summed E-state index contributed by atoms with van der Waals surface area (Å²) in [5.74, 6) is 0.0574. The predicted octanol–water partition coefficient (Wildman–Crippen LogP) is 4.17. The van der Waals surface area contributed by atoms with Crippen molar-refractivity contribution in [2.75, 3.05) is 18.4 Å². The number of likely N-dealkylation sites (tertiary alicyclic amines) is 1. The lowest BCUT2D eigenvalue weighted by molar-refractivity contribution is 0.0711. The number of amides is 2. The summed E-state index contributed by atoms with van der Waals surface area (Å²) in [6, 6.07) is 7.58. The normalized spacial score (nSPS) is 14.5. The Bertz CT molecular complexity index is 1110. The third kappa shape index (κ3) is 4.74. The molecule has 0 spiro atoms. The number of nitrogens with zero attached hydrogens (tertiary/aromatic N) is 4. The van der Waals surface area contributed by atoms with E-state index in [9.17, 15) is 9.59 Å². The summed E-state index contributed by atoms with van der Waals surface area (Å²) in [7, 11) is 0. The molecule has 3 heterocycles. The number of aromatic nitrogens is 3. The number of benzene rings is 1. The monoisotopic (exact) mass is 435 g/mol. The summed E-state index contributed by atoms with van der Waals surface area (Å²) in [6.07, 6.45) is 5.99. The minimum absolute atomic E-state index is 0.0134. The zero-order valence-electron chi connectivity index (χ0n) is 18.8. The van der Waals surface area contributed by atoms with Gasteiger partial charge in [-0.2, -0.15) is 5.10 Å². The predicted molar refractivity (Wildman–Crippen MR) is 121 cm³/mol. The number of hydrogen-bond donors (Lipinski definition) is 1. The van der Waals surface area contributed by atoms with Gasteiger partial charge in [0.25, 0.3) is 11.8 Å². The Hall–Kier alpha value is -3.42. The van der Waals surface area contributed by atoms with Gasteiger partial charge in [-0.3, -0.25) is 14.3 Å². The van der Waals surface area contributed by atoms with Crippen LogP contribution in [0.15, 0.2) is 41.2 Å². The SMILES string of the molecule is CCCn1cc(C(=O)N2CCC(c3cc(C(=O)Nc4ccc(C)cc4C)on3)CC2)cn1. The van der Waals surface area contributed by atoms with Crippen LogP contribution in [0.2, 0.25) is 0 Å². The lowest BCUT2D eigenvalue weighted by atomic mass is 9.93. The second kappa shape index (κ2) is 9.38. The number of carbonyl (C=O) groups excluding carboxylic acids is 2. The van der Waals surface area contributed by atoms with Crippen molar-refractivity contribution in [3.8, 4) is 0 Å². The van der Waals surface area contributed by atoms with Crippen LogP contribution < -0.4 is 5.32 Å². The van der Waals surface area contributed by atoms with Crippen molar-refractivity contribution in [3.05, 3.63) is 64.8 Å². The van der Waals surface area contributed by atoms with E-state index in [4.69, 9.17) is 4.52 Å². The van der Waals surface area contributed by atoms with Crippen LogP contribution in [0.4, 0.5) is 5.69 Å². The Labute approximate surface area is 187 Å². The first-order chi connectivity index (χ1) is 15.4. The highest BCUT2D eigenvalue weighted by Crippen LogP contribution is 2.29. The van der Waals surface area contributed by atoms with Crippen LogP contribution in [0.3, 0.4) is 0 Å². The number of carbonyl (C=O) groups is 2. The molecular weight excluding hydrogens is 406 g/mol. The standard InChI is InChI=1S/C24H29N5O3/c1-4-9-29-15-19(14-25-29)24(31)28-10-7-18(8-11-28)21-13-22(32-27-21)23(30)26-20-6-5-16(2)12-17(20)3/h5-6,12-15,18H,4,7-11H2,1-3H3,(H,26,30). The zero-order chi connectivity index (χ0) is 22.7. The van der Waals surface area contributed by atoms with Crippen molar-refractivity contribution in [1.82, 2.24) is 19.8 Å². The lowest BCUT2D eigenvalue weighted by Gasteiger charge is -2.30. The topological polar surface area (TPSA) is 93.3 Å². The molecule has 168 valence electrons. The highest BCUT2D eigenvalue weighted by atomic mass is 16.5. The molecule has 0 aliphatic carbocycles. The van der Waals surface area contributed by atoms with Gasteiger partial charge in [0.05, 0.1) is 17.5 Å². The fourth-order valence-electron chi connectivity index (χ4n) is 4.11. The van der Waals surface area contributed by atoms with Crippen LogP contribution in [0.25, 0.3) is 0 Å². The summed E-state index contributed by atoms with van der Waals surface area (Å²) in [5, 5.41) is 11.3. The fraction of sp³-hybridized carbons (Fsp3) is 0.417. The third-order valence-electron chi connectivity index (χ3n) is 5.92. The number of anilines is 1. The van der Waals surface area contributed by atoms with Crippen LogP contribution in [0, 0.1) is 13.8 Å². The summed E-state index contributed by atoms with van der Waals surface area (Å²) in [5.41, 5.74) is 4.28. The summed E-state index contributed by atoms with van der Waals surface area (Å²) in [4.78, 5) is 27.2. The lowest BCUT2D eigenvalue weighted by Crippen LogP contribution is -2.37. The number of piperidine rings is 1. The van der Waals surface area contributed by atoms with E-state index in [0.717, 1.165) is 48.3 Å². The third-order valence-corrected chi connectivity index (χ3v) is 5.92. The number of aryl methyl sites for hydroxylation is 3. The van der Waals surface area contributed by atoms with E-state index in [1.807, 2.05) is 43.1 Å². The van der Waals surface area contributed by atoms with E-state index in [1.165, 1.54) is 0 Å². The number of hydrogen-bond acceptors (Lipinski definition) is 5. The van der Waals surface area contributed by atoms with E-state index < -0.39 is 0 Å². The second-order valence-electron chi connectivity index (χ2n) is 8.45. The van der Waals surface area contributed by atoms with Gasteiger partial charge >= 0.3 is 0 Å². The molecule has 3 aromatic rings. The highest BCUT2D eigenvalue weighted by molar-refractivity contribution is 6.02. The van der Waals surface area contributed by atoms with E-state index in [-0.39, 0.29) is 23.5 Å². The van der Waals surface area contributed by atoms with Gasteiger partial charge in [-0.05, 0) is 44.7 Å². The minimum atomic E-state index is -0.313. The molecule has 8 nitrogen and oxygen atoms in total. The quantitative estimate of drug-likeness (QED) is 0.627. The highest BCUT2D eigenvalue weighted by Gasteiger charge is 2.28. The molecule has 1 fully saturated rings. The number of rotatable bonds is 6. The average molecular weight is 436 g/mol. The Balaban J connectivity index is 1.34. The van der Waals surface area contributed by atoms with E-state index in [1.54, 1.807) is 16.9 Å². The molecule has 0 unspecified atom stereocenters. The summed E-state index contributed by atoms with van der Waals surface area (Å²) in [6.45, 7) is 8.13. The Morgan fingerprint density at radius 3 is 2.69 bits per heavy atom.